The fourth-order valence-electron chi connectivity index (χ4n) is 4.40. The summed E-state index contributed by atoms with van der Waals surface area (Å²) in [6.07, 6.45) is 7.30. The normalized spacial score (nSPS) is 29.2. The molecule has 2 fully saturated rings. The van der Waals surface area contributed by atoms with Gasteiger partial charge in [-0.15, -0.1) is 0 Å². The first-order valence-corrected chi connectivity index (χ1v) is 9.12. The molecule has 0 spiro atoms. The molecule has 3 rings (SSSR count). The third-order valence-electron chi connectivity index (χ3n) is 5.72. The smallest absolute Gasteiger partial charge is 0.226 e. The highest BCUT2D eigenvalue weighted by atomic mass is 16.5. The Kier molecular flexibility index (Phi) is 5.85. The van der Waals surface area contributed by atoms with E-state index in [4.69, 9.17) is 10.5 Å². The molecule has 2 N–H and O–H groups in total. The van der Waals surface area contributed by atoms with E-state index in [1.165, 1.54) is 19.3 Å². The van der Waals surface area contributed by atoms with Crippen LogP contribution < -0.4 is 5.73 Å². The van der Waals surface area contributed by atoms with Crippen LogP contribution >= 0.6 is 0 Å². The maximum absolute atomic E-state index is 13.1. The van der Waals surface area contributed by atoms with Gasteiger partial charge in [-0.1, -0.05) is 12.5 Å². The average Bonchev–Trinajstić information content (AvgIpc) is 2.58. The number of carbonyl (C=O) groups excluding carboxylic acids is 1. The fraction of sp³-hybridized carbons (Fsp3) is 0.684. The maximum Gasteiger partial charge on any atom is 0.226 e. The van der Waals surface area contributed by atoms with Gasteiger partial charge in [0.05, 0.1) is 18.8 Å². The largest absolute Gasteiger partial charge is 0.383 e. The van der Waals surface area contributed by atoms with Crippen LogP contribution in [-0.4, -0.2) is 42.1 Å². The quantitative estimate of drug-likeness (QED) is 0.868. The van der Waals surface area contributed by atoms with E-state index in [0.29, 0.717) is 37.6 Å². The minimum absolute atomic E-state index is 0.112. The first-order valence-electron chi connectivity index (χ1n) is 9.12. The highest BCUT2D eigenvalue weighted by Gasteiger charge is 2.41. The number of methoxy groups -OCH3 is 1. The SMILES string of the molecule is COCCN(Cc1ccccn1)C(=O)C1CC2CCCC(C1)C2N. The minimum atomic E-state index is 0.112. The first-order chi connectivity index (χ1) is 11.7. The molecule has 5 nitrogen and oxygen atoms in total. The van der Waals surface area contributed by atoms with Gasteiger partial charge in [-0.25, -0.2) is 0 Å². The molecule has 1 aromatic heterocycles. The van der Waals surface area contributed by atoms with Crippen molar-refractivity contribution in [2.45, 2.75) is 44.7 Å². The van der Waals surface area contributed by atoms with Gasteiger partial charge >= 0.3 is 0 Å². The number of hydrogen-bond acceptors (Lipinski definition) is 4. The molecule has 132 valence electrons. The summed E-state index contributed by atoms with van der Waals surface area (Å²) in [7, 11) is 1.67. The predicted molar refractivity (Wildman–Crippen MR) is 93.1 cm³/mol. The zero-order valence-corrected chi connectivity index (χ0v) is 14.6. The van der Waals surface area contributed by atoms with Crippen LogP contribution in [0.25, 0.3) is 0 Å². The Morgan fingerprint density at radius 3 is 2.71 bits per heavy atom. The van der Waals surface area contributed by atoms with Gasteiger partial charge in [-0.3, -0.25) is 9.78 Å². The number of rotatable bonds is 6. The van der Waals surface area contributed by atoms with E-state index < -0.39 is 0 Å². The fourth-order valence-corrected chi connectivity index (χ4v) is 4.40. The highest BCUT2D eigenvalue weighted by molar-refractivity contribution is 5.79. The molecule has 0 saturated heterocycles. The summed E-state index contributed by atoms with van der Waals surface area (Å²) in [5.41, 5.74) is 7.30. The summed E-state index contributed by atoms with van der Waals surface area (Å²) in [5, 5.41) is 0. The van der Waals surface area contributed by atoms with Crippen LogP contribution in [0.3, 0.4) is 0 Å². The summed E-state index contributed by atoms with van der Waals surface area (Å²) in [4.78, 5) is 19.4. The molecule has 2 bridgehead atoms. The van der Waals surface area contributed by atoms with Crippen LogP contribution in [0.4, 0.5) is 0 Å². The molecule has 5 heteroatoms. The van der Waals surface area contributed by atoms with E-state index in [1.807, 2.05) is 23.1 Å². The zero-order chi connectivity index (χ0) is 16.9. The van der Waals surface area contributed by atoms with Gasteiger partial charge in [0.1, 0.15) is 0 Å². The van der Waals surface area contributed by atoms with Gasteiger partial charge in [0.2, 0.25) is 5.91 Å². The molecule has 1 amide bonds. The maximum atomic E-state index is 13.1. The van der Waals surface area contributed by atoms with Crippen LogP contribution in [-0.2, 0) is 16.1 Å². The number of aromatic nitrogens is 1. The summed E-state index contributed by atoms with van der Waals surface area (Å²) < 4.78 is 5.20. The third kappa shape index (κ3) is 3.95. The van der Waals surface area contributed by atoms with Crippen LogP contribution in [0.1, 0.15) is 37.8 Å². The molecule has 0 aromatic carbocycles. The molecule has 2 unspecified atom stereocenters. The molecule has 2 aliphatic rings. The van der Waals surface area contributed by atoms with Crippen LogP contribution in [0.15, 0.2) is 24.4 Å². The molecule has 2 saturated carbocycles. The lowest BCUT2D eigenvalue weighted by Crippen LogP contribution is -2.50. The lowest BCUT2D eigenvalue weighted by atomic mass is 9.65. The standard InChI is InChI=1S/C19H29N3O2/c1-24-10-9-22(13-17-7-2-3-8-21-17)19(23)16-11-14-5-4-6-15(12-16)18(14)20/h2-3,7-8,14-16,18H,4-6,9-13,20H2,1H3. The van der Waals surface area contributed by atoms with Gasteiger partial charge in [-0.05, 0) is 49.7 Å². The van der Waals surface area contributed by atoms with Gasteiger partial charge < -0.3 is 15.4 Å². The molecule has 0 aliphatic heterocycles. The molecule has 24 heavy (non-hydrogen) atoms. The van der Waals surface area contributed by atoms with Crippen molar-refractivity contribution in [3.05, 3.63) is 30.1 Å². The molecular weight excluding hydrogens is 302 g/mol. The van der Waals surface area contributed by atoms with Crippen molar-refractivity contribution in [3.63, 3.8) is 0 Å². The number of amides is 1. The topological polar surface area (TPSA) is 68.5 Å². The van der Waals surface area contributed by atoms with Crippen molar-refractivity contribution in [1.82, 2.24) is 9.88 Å². The Balaban J connectivity index is 1.68. The molecule has 0 radical (unpaired) electrons. The molecular formula is C19H29N3O2. The van der Waals surface area contributed by atoms with E-state index in [2.05, 4.69) is 4.98 Å². The van der Waals surface area contributed by atoms with Crippen LogP contribution in [0, 0.1) is 17.8 Å². The average molecular weight is 331 g/mol. The van der Waals surface area contributed by atoms with Crippen molar-refractivity contribution < 1.29 is 9.53 Å². The summed E-state index contributed by atoms with van der Waals surface area (Å²) in [6, 6.07) is 6.13. The Labute approximate surface area is 144 Å². The number of fused-ring (bicyclic) bond motifs is 2. The zero-order valence-electron chi connectivity index (χ0n) is 14.6. The van der Waals surface area contributed by atoms with E-state index in [9.17, 15) is 4.79 Å². The second-order valence-electron chi connectivity index (χ2n) is 7.27. The van der Waals surface area contributed by atoms with Crippen molar-refractivity contribution >= 4 is 5.91 Å². The van der Waals surface area contributed by atoms with E-state index in [1.54, 1.807) is 13.3 Å². The molecule has 1 aromatic rings. The van der Waals surface area contributed by atoms with E-state index in [0.717, 1.165) is 18.5 Å². The van der Waals surface area contributed by atoms with Gasteiger partial charge in [0.15, 0.2) is 0 Å². The molecule has 2 aliphatic carbocycles. The van der Waals surface area contributed by atoms with Crippen molar-refractivity contribution in [2.75, 3.05) is 20.3 Å². The summed E-state index contributed by atoms with van der Waals surface area (Å²) in [6.45, 7) is 1.72. The van der Waals surface area contributed by atoms with Crippen molar-refractivity contribution in [2.24, 2.45) is 23.5 Å². The van der Waals surface area contributed by atoms with E-state index in [-0.39, 0.29) is 11.8 Å². The summed E-state index contributed by atoms with van der Waals surface area (Å²) >= 11 is 0. The lowest BCUT2D eigenvalue weighted by Gasteiger charge is -2.44. The molecule has 1 heterocycles. The number of carbonyl (C=O) groups is 1. The minimum Gasteiger partial charge on any atom is -0.383 e. The Bertz CT molecular complexity index is 523. The van der Waals surface area contributed by atoms with Crippen molar-refractivity contribution in [1.29, 1.82) is 0 Å². The predicted octanol–water partition coefficient (Wildman–Crippen LogP) is 2.21. The molecule has 2 atom stereocenters. The van der Waals surface area contributed by atoms with Crippen molar-refractivity contribution in [3.8, 4) is 0 Å². The lowest BCUT2D eigenvalue weighted by molar-refractivity contribution is -0.140. The van der Waals surface area contributed by atoms with Crippen LogP contribution in [0.2, 0.25) is 0 Å². The Morgan fingerprint density at radius 1 is 1.33 bits per heavy atom. The third-order valence-corrected chi connectivity index (χ3v) is 5.72. The van der Waals surface area contributed by atoms with Gasteiger partial charge in [-0.2, -0.15) is 0 Å². The number of hydrogen-bond donors (Lipinski definition) is 1. The van der Waals surface area contributed by atoms with Gasteiger partial charge in [0.25, 0.3) is 0 Å². The number of pyridine rings is 1. The Hall–Kier alpha value is -1.46. The monoisotopic (exact) mass is 331 g/mol. The number of nitrogens with two attached hydrogens (primary N) is 1. The van der Waals surface area contributed by atoms with Crippen LogP contribution in [0.5, 0.6) is 0 Å². The van der Waals surface area contributed by atoms with E-state index >= 15 is 0 Å². The Morgan fingerprint density at radius 2 is 2.08 bits per heavy atom. The second-order valence-corrected chi connectivity index (χ2v) is 7.27. The highest BCUT2D eigenvalue weighted by Crippen LogP contribution is 2.42. The van der Waals surface area contributed by atoms with Gasteiger partial charge in [0, 0.05) is 31.8 Å². The second kappa shape index (κ2) is 8.08. The summed E-state index contributed by atoms with van der Waals surface area (Å²) in [5.74, 6) is 1.40. The first kappa shape index (κ1) is 17.4. The number of ether oxygens (including phenoxy) is 1. The number of nitrogens with zero attached hydrogens (tertiary/aromatic N) is 2.